The van der Waals surface area contributed by atoms with Gasteiger partial charge >= 0.3 is 5.97 Å². The van der Waals surface area contributed by atoms with E-state index in [0.717, 1.165) is 12.1 Å². The third-order valence-electron chi connectivity index (χ3n) is 3.43. The molecule has 1 heterocycles. The molecule has 3 heteroatoms. The van der Waals surface area contributed by atoms with Gasteiger partial charge in [0.05, 0.1) is 12.8 Å². The molecule has 108 valence electrons. The SMILES string of the molecule is CCCCCCCCCC/C=C\C1=N[C@H]1C(=O)OC. The summed E-state index contributed by atoms with van der Waals surface area (Å²) in [4.78, 5) is 15.2. The second-order valence-corrected chi connectivity index (χ2v) is 5.15. The first-order valence-corrected chi connectivity index (χ1v) is 7.61. The fourth-order valence-corrected chi connectivity index (χ4v) is 2.13. The van der Waals surface area contributed by atoms with Gasteiger partial charge in [0.15, 0.2) is 6.04 Å². The number of carbonyl (C=O) groups excluding carboxylic acids is 1. The highest BCUT2D eigenvalue weighted by molar-refractivity contribution is 6.21. The van der Waals surface area contributed by atoms with Crippen molar-refractivity contribution in [1.82, 2.24) is 0 Å². The summed E-state index contributed by atoms with van der Waals surface area (Å²) in [5.74, 6) is -0.244. The Morgan fingerprint density at radius 2 is 1.79 bits per heavy atom. The van der Waals surface area contributed by atoms with Crippen molar-refractivity contribution in [2.24, 2.45) is 4.99 Å². The van der Waals surface area contributed by atoms with Gasteiger partial charge in [-0.25, -0.2) is 4.79 Å². The molecular formula is C16H27NO2. The van der Waals surface area contributed by atoms with Crippen LogP contribution in [0.3, 0.4) is 0 Å². The number of nitrogens with zero attached hydrogens (tertiary/aromatic N) is 1. The van der Waals surface area contributed by atoms with E-state index in [4.69, 9.17) is 0 Å². The highest BCUT2D eigenvalue weighted by Crippen LogP contribution is 2.15. The van der Waals surface area contributed by atoms with Gasteiger partial charge in [0.2, 0.25) is 0 Å². The molecule has 1 aliphatic heterocycles. The van der Waals surface area contributed by atoms with Gasteiger partial charge in [-0.15, -0.1) is 0 Å². The highest BCUT2D eigenvalue weighted by atomic mass is 16.5. The van der Waals surface area contributed by atoms with Crippen LogP contribution >= 0.6 is 0 Å². The summed E-state index contributed by atoms with van der Waals surface area (Å²) in [5.41, 5.74) is 0.867. The smallest absolute Gasteiger partial charge is 0.336 e. The summed E-state index contributed by atoms with van der Waals surface area (Å²) in [5, 5.41) is 0. The number of carbonyl (C=O) groups is 1. The summed E-state index contributed by atoms with van der Waals surface area (Å²) in [6, 6.07) is -0.306. The lowest BCUT2D eigenvalue weighted by atomic mass is 10.1. The first kappa shape index (κ1) is 15.9. The largest absolute Gasteiger partial charge is 0.467 e. The first-order valence-electron chi connectivity index (χ1n) is 7.61. The molecule has 0 radical (unpaired) electrons. The lowest BCUT2D eigenvalue weighted by Crippen LogP contribution is -2.12. The van der Waals surface area contributed by atoms with Crippen LogP contribution in [0, 0.1) is 0 Å². The standard InChI is InChI=1S/C16H27NO2/c1-3-4-5-6-7-8-9-10-11-12-13-14-15(17-14)16(18)19-2/h12-13,15H,3-11H2,1-2H3/b13-12-/t15-/m1/s1. The Balaban J connectivity index is 1.87. The molecule has 0 bridgehead atoms. The Labute approximate surface area is 117 Å². The van der Waals surface area contributed by atoms with Crippen LogP contribution in [0.5, 0.6) is 0 Å². The first-order chi connectivity index (χ1) is 9.29. The topological polar surface area (TPSA) is 38.7 Å². The number of hydrogen-bond donors (Lipinski definition) is 0. The van der Waals surface area contributed by atoms with E-state index in [-0.39, 0.29) is 12.0 Å². The fourth-order valence-electron chi connectivity index (χ4n) is 2.13. The number of hydrogen-bond acceptors (Lipinski definition) is 3. The molecule has 0 amide bonds. The van der Waals surface area contributed by atoms with Gasteiger partial charge in [0.1, 0.15) is 0 Å². The van der Waals surface area contributed by atoms with E-state index in [0.29, 0.717) is 0 Å². The van der Waals surface area contributed by atoms with Crippen molar-refractivity contribution in [3.05, 3.63) is 12.2 Å². The molecule has 3 nitrogen and oxygen atoms in total. The molecule has 1 aliphatic rings. The Bertz CT molecular complexity index is 321. The van der Waals surface area contributed by atoms with Crippen molar-refractivity contribution in [2.75, 3.05) is 7.11 Å². The second kappa shape index (κ2) is 9.76. The van der Waals surface area contributed by atoms with Gasteiger partial charge < -0.3 is 4.74 Å². The lowest BCUT2D eigenvalue weighted by Gasteiger charge is -1.99. The van der Waals surface area contributed by atoms with Gasteiger partial charge in [-0.3, -0.25) is 4.99 Å². The van der Waals surface area contributed by atoms with E-state index < -0.39 is 0 Å². The lowest BCUT2D eigenvalue weighted by molar-refractivity contribution is -0.139. The number of aliphatic imine (C=N–C) groups is 1. The molecular weight excluding hydrogens is 238 g/mol. The van der Waals surface area contributed by atoms with E-state index in [1.165, 1.54) is 58.5 Å². The van der Waals surface area contributed by atoms with Crippen LogP contribution in [-0.2, 0) is 9.53 Å². The minimum atomic E-state index is -0.306. The van der Waals surface area contributed by atoms with Crippen molar-refractivity contribution in [2.45, 2.75) is 70.8 Å². The summed E-state index contributed by atoms with van der Waals surface area (Å²) >= 11 is 0. The zero-order valence-corrected chi connectivity index (χ0v) is 12.4. The van der Waals surface area contributed by atoms with Crippen molar-refractivity contribution >= 4 is 11.7 Å². The third kappa shape index (κ3) is 7.14. The van der Waals surface area contributed by atoms with E-state index >= 15 is 0 Å². The van der Waals surface area contributed by atoms with Crippen molar-refractivity contribution in [3.8, 4) is 0 Å². The van der Waals surface area contributed by atoms with Gasteiger partial charge in [0, 0.05) is 0 Å². The second-order valence-electron chi connectivity index (χ2n) is 5.15. The van der Waals surface area contributed by atoms with E-state index in [1.54, 1.807) is 0 Å². The molecule has 19 heavy (non-hydrogen) atoms. The molecule has 0 saturated heterocycles. The summed E-state index contributed by atoms with van der Waals surface area (Å²) < 4.78 is 4.62. The fraction of sp³-hybridized carbons (Fsp3) is 0.750. The number of ether oxygens (including phenoxy) is 1. The molecule has 0 saturated carbocycles. The van der Waals surface area contributed by atoms with Gasteiger partial charge in [-0.1, -0.05) is 57.9 Å². The van der Waals surface area contributed by atoms with Crippen molar-refractivity contribution in [1.29, 1.82) is 0 Å². The molecule has 1 rings (SSSR count). The van der Waals surface area contributed by atoms with E-state index in [1.807, 2.05) is 6.08 Å². The van der Waals surface area contributed by atoms with Crippen LogP contribution in [0.25, 0.3) is 0 Å². The molecule has 0 aromatic rings. The summed E-state index contributed by atoms with van der Waals surface area (Å²) in [7, 11) is 1.40. The van der Waals surface area contributed by atoms with Crippen LogP contribution in [-0.4, -0.2) is 24.8 Å². The normalized spacial score (nSPS) is 17.6. The van der Waals surface area contributed by atoms with Crippen molar-refractivity contribution < 1.29 is 9.53 Å². The average molecular weight is 265 g/mol. The number of rotatable bonds is 11. The van der Waals surface area contributed by atoms with E-state index in [9.17, 15) is 4.79 Å². The maximum atomic E-state index is 11.1. The minimum Gasteiger partial charge on any atom is -0.467 e. The predicted molar refractivity (Wildman–Crippen MR) is 79.6 cm³/mol. The average Bonchev–Trinajstić information content (AvgIpc) is 3.19. The number of allylic oxidation sites excluding steroid dienone is 1. The molecule has 0 spiro atoms. The quantitative estimate of drug-likeness (QED) is 0.417. The zero-order valence-electron chi connectivity index (χ0n) is 12.4. The molecule has 0 unspecified atom stereocenters. The molecule has 0 aliphatic carbocycles. The van der Waals surface area contributed by atoms with Crippen LogP contribution < -0.4 is 0 Å². The number of methoxy groups -OCH3 is 1. The molecule has 1 atom stereocenters. The third-order valence-corrected chi connectivity index (χ3v) is 3.43. The van der Waals surface area contributed by atoms with Crippen LogP contribution in [0.4, 0.5) is 0 Å². The highest BCUT2D eigenvalue weighted by Gasteiger charge is 2.33. The maximum Gasteiger partial charge on any atom is 0.336 e. The number of esters is 1. The molecule has 0 N–H and O–H groups in total. The Kier molecular flexibility index (Phi) is 8.19. The van der Waals surface area contributed by atoms with E-state index in [2.05, 4.69) is 22.7 Å². The van der Waals surface area contributed by atoms with Gasteiger partial charge in [0.25, 0.3) is 0 Å². The van der Waals surface area contributed by atoms with Crippen LogP contribution in [0.2, 0.25) is 0 Å². The Morgan fingerprint density at radius 3 is 2.42 bits per heavy atom. The molecule has 0 fully saturated rings. The van der Waals surface area contributed by atoms with Crippen molar-refractivity contribution in [3.63, 3.8) is 0 Å². The summed E-state index contributed by atoms with van der Waals surface area (Å²) in [6.45, 7) is 2.25. The summed E-state index contributed by atoms with van der Waals surface area (Å²) in [6.07, 6.45) is 15.9. The van der Waals surface area contributed by atoms with Gasteiger partial charge in [-0.2, -0.15) is 0 Å². The molecule has 0 aromatic carbocycles. The number of unbranched alkanes of at least 4 members (excludes halogenated alkanes) is 8. The van der Waals surface area contributed by atoms with Crippen LogP contribution in [0.1, 0.15) is 64.7 Å². The Morgan fingerprint density at radius 1 is 1.16 bits per heavy atom. The maximum absolute atomic E-state index is 11.1. The Hall–Kier alpha value is -1.12. The zero-order chi connectivity index (χ0) is 13.9. The molecule has 0 aromatic heterocycles. The predicted octanol–water partition coefficient (Wildman–Crippen LogP) is 4.07. The van der Waals surface area contributed by atoms with Gasteiger partial charge in [-0.05, 0) is 18.9 Å². The monoisotopic (exact) mass is 265 g/mol. The van der Waals surface area contributed by atoms with Crippen LogP contribution in [0.15, 0.2) is 17.1 Å². The minimum absolute atomic E-state index is 0.244.